The number of rotatable bonds is 0. The second kappa shape index (κ2) is 2.16. The van der Waals surface area contributed by atoms with E-state index in [0.29, 0.717) is 0 Å². The monoisotopic (exact) mass is 157 g/mol. The average molecular weight is 157 g/mol. The first-order valence-corrected chi connectivity index (χ1v) is 4.74. The van der Waals surface area contributed by atoms with Crippen LogP contribution in [-0.2, 0) is 0 Å². The molecule has 1 aliphatic heterocycles. The molecular weight excluding hydrogens is 146 g/mol. The summed E-state index contributed by atoms with van der Waals surface area (Å²) in [5.41, 5.74) is 0.224. The highest BCUT2D eigenvalue weighted by Crippen LogP contribution is 2.37. The first-order valence-electron chi connectivity index (χ1n) is 3.76. The lowest BCUT2D eigenvalue weighted by Crippen LogP contribution is -2.40. The molecule has 0 radical (unpaired) electrons. The fourth-order valence-electron chi connectivity index (χ4n) is 1.81. The molecule has 10 heavy (non-hydrogen) atoms. The van der Waals surface area contributed by atoms with Crippen molar-refractivity contribution in [3.05, 3.63) is 0 Å². The Morgan fingerprint density at radius 3 is 2.60 bits per heavy atom. The molecule has 0 aromatic carbocycles. The third-order valence-corrected chi connectivity index (χ3v) is 3.47. The van der Waals surface area contributed by atoms with Crippen LogP contribution in [0, 0.1) is 0 Å². The summed E-state index contributed by atoms with van der Waals surface area (Å²) >= 11 is 1.44. The highest BCUT2D eigenvalue weighted by Gasteiger charge is 2.40. The Morgan fingerprint density at radius 1 is 1.40 bits per heavy atom. The topological polar surface area (TPSA) is 29.1 Å². The molecule has 0 aromatic heterocycles. The molecule has 1 N–H and O–H groups in total. The van der Waals surface area contributed by atoms with Gasteiger partial charge in [0.05, 0.1) is 5.54 Å². The van der Waals surface area contributed by atoms with Gasteiger partial charge >= 0.3 is 0 Å². The molecular formula is C7H11NOS. The number of amides is 1. The van der Waals surface area contributed by atoms with Gasteiger partial charge in [-0.2, -0.15) is 0 Å². The maximum absolute atomic E-state index is 10.9. The van der Waals surface area contributed by atoms with Crippen molar-refractivity contribution in [2.75, 3.05) is 5.75 Å². The van der Waals surface area contributed by atoms with Gasteiger partial charge < -0.3 is 5.32 Å². The van der Waals surface area contributed by atoms with E-state index in [1.54, 1.807) is 0 Å². The Balaban J connectivity index is 2.09. The maximum Gasteiger partial charge on any atom is 0.279 e. The van der Waals surface area contributed by atoms with Crippen LogP contribution in [0.2, 0.25) is 0 Å². The van der Waals surface area contributed by atoms with Crippen LogP contribution < -0.4 is 5.32 Å². The van der Waals surface area contributed by atoms with Crippen LogP contribution >= 0.6 is 11.8 Å². The predicted octanol–water partition coefficient (Wildman–Crippen LogP) is 1.76. The number of hydrogen-bond donors (Lipinski definition) is 1. The fourth-order valence-corrected chi connectivity index (χ4v) is 2.87. The van der Waals surface area contributed by atoms with Gasteiger partial charge in [-0.15, -0.1) is 0 Å². The van der Waals surface area contributed by atoms with Crippen LogP contribution in [0.3, 0.4) is 0 Å². The summed E-state index contributed by atoms with van der Waals surface area (Å²) in [5, 5.41) is 3.24. The van der Waals surface area contributed by atoms with Crippen molar-refractivity contribution in [1.29, 1.82) is 0 Å². The minimum atomic E-state index is 0.182. The maximum atomic E-state index is 10.9. The van der Waals surface area contributed by atoms with Crippen LogP contribution in [-0.4, -0.2) is 16.5 Å². The number of thioether (sulfide) groups is 1. The molecule has 1 spiro atoms. The van der Waals surface area contributed by atoms with Gasteiger partial charge in [0.2, 0.25) is 0 Å². The van der Waals surface area contributed by atoms with Crippen molar-refractivity contribution in [3.8, 4) is 0 Å². The van der Waals surface area contributed by atoms with Gasteiger partial charge in [-0.1, -0.05) is 24.6 Å². The van der Waals surface area contributed by atoms with Crippen LogP contribution in [0.15, 0.2) is 0 Å². The molecule has 0 unspecified atom stereocenters. The summed E-state index contributed by atoms with van der Waals surface area (Å²) in [6.45, 7) is 0. The highest BCUT2D eigenvalue weighted by molar-refractivity contribution is 8.14. The third-order valence-electron chi connectivity index (χ3n) is 2.41. The summed E-state index contributed by atoms with van der Waals surface area (Å²) in [6.07, 6.45) is 4.99. The molecule has 0 bridgehead atoms. The second-order valence-electron chi connectivity index (χ2n) is 3.19. The first-order chi connectivity index (χ1) is 4.81. The van der Waals surface area contributed by atoms with Crippen LogP contribution in [0.25, 0.3) is 0 Å². The van der Waals surface area contributed by atoms with Crippen LogP contribution in [0.5, 0.6) is 0 Å². The lowest BCUT2D eigenvalue weighted by Gasteiger charge is -2.20. The number of hydrogen-bond acceptors (Lipinski definition) is 2. The van der Waals surface area contributed by atoms with E-state index in [1.807, 2.05) is 0 Å². The Labute approximate surface area is 64.8 Å². The van der Waals surface area contributed by atoms with Gasteiger partial charge in [-0.3, -0.25) is 4.79 Å². The largest absolute Gasteiger partial charge is 0.341 e. The van der Waals surface area contributed by atoms with Crippen LogP contribution in [0.1, 0.15) is 25.7 Å². The quantitative estimate of drug-likeness (QED) is 0.580. The SMILES string of the molecule is O=C1NC2(CCCC2)CS1. The molecule has 1 saturated heterocycles. The van der Waals surface area contributed by atoms with Gasteiger partial charge in [0.1, 0.15) is 0 Å². The van der Waals surface area contributed by atoms with E-state index in [-0.39, 0.29) is 10.8 Å². The highest BCUT2D eigenvalue weighted by atomic mass is 32.2. The molecule has 1 saturated carbocycles. The van der Waals surface area contributed by atoms with Crippen molar-refractivity contribution in [1.82, 2.24) is 5.32 Å². The first kappa shape index (κ1) is 6.53. The van der Waals surface area contributed by atoms with E-state index in [9.17, 15) is 4.79 Å². The standard InChI is InChI=1S/C7H11NOS/c9-6-8-7(5-10-6)3-1-2-4-7/h1-5H2,(H,8,9). The van der Waals surface area contributed by atoms with Crippen molar-refractivity contribution in [3.63, 3.8) is 0 Å². The van der Waals surface area contributed by atoms with Gasteiger partial charge in [-0.05, 0) is 12.8 Å². The summed E-state index contributed by atoms with van der Waals surface area (Å²) in [6, 6.07) is 0. The minimum Gasteiger partial charge on any atom is -0.341 e. The Morgan fingerprint density at radius 2 is 2.10 bits per heavy atom. The number of nitrogens with one attached hydrogen (secondary N) is 1. The zero-order chi connectivity index (χ0) is 7.03. The number of carbonyl (C=O) groups is 1. The van der Waals surface area contributed by atoms with Gasteiger partial charge in [-0.25, -0.2) is 0 Å². The molecule has 2 fully saturated rings. The Bertz CT molecular complexity index is 163. The third kappa shape index (κ3) is 0.926. The summed E-state index contributed by atoms with van der Waals surface area (Å²) in [7, 11) is 0. The number of carbonyl (C=O) groups excluding carboxylic acids is 1. The van der Waals surface area contributed by atoms with Crippen molar-refractivity contribution in [2.24, 2.45) is 0 Å². The van der Waals surface area contributed by atoms with Crippen molar-refractivity contribution >= 4 is 17.0 Å². The lowest BCUT2D eigenvalue weighted by atomic mass is 10.0. The van der Waals surface area contributed by atoms with E-state index in [1.165, 1.54) is 37.4 Å². The van der Waals surface area contributed by atoms with E-state index >= 15 is 0 Å². The van der Waals surface area contributed by atoms with Gasteiger partial charge in [0, 0.05) is 5.75 Å². The van der Waals surface area contributed by atoms with Crippen LogP contribution in [0.4, 0.5) is 4.79 Å². The van der Waals surface area contributed by atoms with E-state index < -0.39 is 0 Å². The molecule has 1 amide bonds. The molecule has 3 heteroatoms. The summed E-state index contributed by atoms with van der Waals surface area (Å²) in [4.78, 5) is 10.9. The molecule has 2 nitrogen and oxygen atoms in total. The van der Waals surface area contributed by atoms with E-state index in [2.05, 4.69) is 5.32 Å². The molecule has 0 aromatic rings. The minimum absolute atomic E-state index is 0.182. The van der Waals surface area contributed by atoms with Crippen molar-refractivity contribution < 1.29 is 4.79 Å². The zero-order valence-corrected chi connectivity index (χ0v) is 6.67. The second-order valence-corrected chi connectivity index (χ2v) is 4.14. The van der Waals surface area contributed by atoms with Gasteiger partial charge in [0.25, 0.3) is 5.24 Å². The molecule has 1 aliphatic carbocycles. The summed E-state index contributed by atoms with van der Waals surface area (Å²) < 4.78 is 0. The molecule has 2 aliphatic rings. The molecule has 1 heterocycles. The Kier molecular flexibility index (Phi) is 1.41. The predicted molar refractivity (Wildman–Crippen MR) is 42.2 cm³/mol. The zero-order valence-electron chi connectivity index (χ0n) is 5.85. The lowest BCUT2D eigenvalue weighted by molar-refractivity contribution is 0.253. The smallest absolute Gasteiger partial charge is 0.279 e. The normalized spacial score (nSPS) is 29.4. The Hall–Kier alpha value is -0.180. The molecule has 56 valence electrons. The fraction of sp³-hybridized carbons (Fsp3) is 0.857. The average Bonchev–Trinajstić information content (AvgIpc) is 2.46. The summed E-state index contributed by atoms with van der Waals surface area (Å²) in [5.74, 6) is 1.01. The van der Waals surface area contributed by atoms with E-state index in [4.69, 9.17) is 0 Å². The molecule has 2 rings (SSSR count). The molecule has 0 atom stereocenters. The van der Waals surface area contributed by atoms with E-state index in [0.717, 1.165) is 5.75 Å². The van der Waals surface area contributed by atoms with Crippen molar-refractivity contribution in [2.45, 2.75) is 31.2 Å². The van der Waals surface area contributed by atoms with Gasteiger partial charge in [0.15, 0.2) is 0 Å².